The molecule has 0 amide bonds. The maximum atomic E-state index is 6.24. The van der Waals surface area contributed by atoms with Crippen molar-refractivity contribution in [3.05, 3.63) is 24.0 Å². The maximum absolute atomic E-state index is 6.24. The Morgan fingerprint density at radius 2 is 2.26 bits per heavy atom. The molecule has 1 aromatic rings. The predicted octanol–water partition coefficient (Wildman–Crippen LogP) is 3.54. The first-order valence-corrected chi connectivity index (χ1v) is 7.63. The third-order valence-electron chi connectivity index (χ3n) is 4.03. The molecule has 1 fully saturated rings. The van der Waals surface area contributed by atoms with Gasteiger partial charge in [-0.05, 0) is 37.8 Å². The highest BCUT2D eigenvalue weighted by molar-refractivity contribution is 5.30. The van der Waals surface area contributed by atoms with Crippen LogP contribution >= 0.6 is 0 Å². The van der Waals surface area contributed by atoms with Gasteiger partial charge in [-0.3, -0.25) is 4.98 Å². The van der Waals surface area contributed by atoms with Crippen LogP contribution in [-0.4, -0.2) is 17.6 Å². The molecule has 1 aliphatic rings. The molecule has 2 rings (SSSR count). The van der Waals surface area contributed by atoms with Gasteiger partial charge in [0.15, 0.2) is 0 Å². The van der Waals surface area contributed by atoms with Crippen molar-refractivity contribution in [3.63, 3.8) is 0 Å². The number of pyridine rings is 1. The van der Waals surface area contributed by atoms with Gasteiger partial charge in [0.2, 0.25) is 0 Å². The number of ether oxygens (including phenoxy) is 1. The van der Waals surface area contributed by atoms with Gasteiger partial charge in [-0.2, -0.15) is 0 Å². The van der Waals surface area contributed by atoms with Crippen LogP contribution in [0, 0.1) is 5.92 Å². The van der Waals surface area contributed by atoms with E-state index in [0.717, 1.165) is 24.8 Å². The lowest BCUT2D eigenvalue weighted by atomic mass is 9.85. The lowest BCUT2D eigenvalue weighted by Gasteiger charge is -2.29. The van der Waals surface area contributed by atoms with Crippen molar-refractivity contribution in [1.29, 1.82) is 0 Å². The van der Waals surface area contributed by atoms with Crippen LogP contribution in [0.5, 0.6) is 5.75 Å². The summed E-state index contributed by atoms with van der Waals surface area (Å²) in [6.45, 7) is 6.21. The fourth-order valence-corrected chi connectivity index (χ4v) is 2.82. The number of hydrogen-bond acceptors (Lipinski definition) is 3. The first-order valence-electron chi connectivity index (χ1n) is 7.63. The van der Waals surface area contributed by atoms with E-state index in [9.17, 15) is 0 Å². The molecule has 1 aromatic heterocycles. The molecule has 0 aromatic carbocycles. The van der Waals surface area contributed by atoms with E-state index in [0.29, 0.717) is 6.10 Å². The van der Waals surface area contributed by atoms with Crippen molar-refractivity contribution in [2.45, 2.75) is 58.6 Å². The van der Waals surface area contributed by atoms with Gasteiger partial charge in [0.1, 0.15) is 5.75 Å². The minimum absolute atomic E-state index is 0.390. The van der Waals surface area contributed by atoms with Crippen molar-refractivity contribution < 1.29 is 4.74 Å². The van der Waals surface area contributed by atoms with E-state index in [4.69, 9.17) is 4.74 Å². The van der Waals surface area contributed by atoms with E-state index < -0.39 is 0 Å². The van der Waals surface area contributed by atoms with Crippen LogP contribution in [0.2, 0.25) is 0 Å². The summed E-state index contributed by atoms with van der Waals surface area (Å²) in [4.78, 5) is 4.20. The van der Waals surface area contributed by atoms with Crippen molar-refractivity contribution in [1.82, 2.24) is 10.3 Å². The monoisotopic (exact) mass is 262 g/mol. The smallest absolute Gasteiger partial charge is 0.127 e. The molecule has 1 N–H and O–H groups in total. The molecule has 2 unspecified atom stereocenters. The Balaban J connectivity index is 1.97. The summed E-state index contributed by atoms with van der Waals surface area (Å²) in [6.07, 6.45) is 10.5. The second-order valence-corrected chi connectivity index (χ2v) is 5.44. The summed E-state index contributed by atoms with van der Waals surface area (Å²) in [5.41, 5.74) is 1.17. The molecule has 106 valence electrons. The molecule has 3 heteroatoms. The summed E-state index contributed by atoms with van der Waals surface area (Å²) in [7, 11) is 0. The highest BCUT2D eigenvalue weighted by Gasteiger charge is 2.22. The summed E-state index contributed by atoms with van der Waals surface area (Å²) >= 11 is 0. The van der Waals surface area contributed by atoms with E-state index in [1.54, 1.807) is 0 Å². The minimum Gasteiger partial charge on any atom is -0.490 e. The Morgan fingerprint density at radius 1 is 1.37 bits per heavy atom. The van der Waals surface area contributed by atoms with Crippen LogP contribution in [0.25, 0.3) is 0 Å². The van der Waals surface area contributed by atoms with Crippen LogP contribution in [0.4, 0.5) is 0 Å². The number of nitrogens with zero attached hydrogens (tertiary/aromatic N) is 1. The first-order chi connectivity index (χ1) is 9.33. The zero-order chi connectivity index (χ0) is 13.5. The van der Waals surface area contributed by atoms with Crippen LogP contribution in [-0.2, 0) is 6.54 Å². The molecule has 0 aliphatic heterocycles. The minimum atomic E-state index is 0.390. The van der Waals surface area contributed by atoms with Gasteiger partial charge in [-0.25, -0.2) is 0 Å². The fraction of sp³-hybridized carbons (Fsp3) is 0.688. The second kappa shape index (κ2) is 7.49. The lowest BCUT2D eigenvalue weighted by Crippen LogP contribution is -2.26. The van der Waals surface area contributed by atoms with Crippen molar-refractivity contribution in [3.8, 4) is 5.75 Å². The normalized spacial score (nSPS) is 23.3. The number of hydrogen-bond donors (Lipinski definition) is 1. The van der Waals surface area contributed by atoms with Crippen molar-refractivity contribution in [2.75, 3.05) is 6.54 Å². The summed E-state index contributed by atoms with van der Waals surface area (Å²) < 4.78 is 6.24. The Bertz CT molecular complexity index is 381. The van der Waals surface area contributed by atoms with Crippen LogP contribution < -0.4 is 10.1 Å². The van der Waals surface area contributed by atoms with Gasteiger partial charge in [0, 0.05) is 24.5 Å². The molecule has 3 nitrogen and oxygen atoms in total. The molecule has 0 bridgehead atoms. The quantitative estimate of drug-likeness (QED) is 0.851. The topological polar surface area (TPSA) is 34.2 Å². The Kier molecular flexibility index (Phi) is 5.64. The molecule has 0 spiro atoms. The van der Waals surface area contributed by atoms with Gasteiger partial charge in [-0.1, -0.05) is 26.7 Å². The SMILES string of the molecule is CCNCc1cnccc1OC1CCCC(CC)C1. The molecule has 19 heavy (non-hydrogen) atoms. The Hall–Kier alpha value is -1.09. The van der Waals surface area contributed by atoms with E-state index >= 15 is 0 Å². The van der Waals surface area contributed by atoms with Crippen molar-refractivity contribution in [2.24, 2.45) is 5.92 Å². The molecular formula is C16H26N2O. The standard InChI is InChI=1S/C16H26N2O/c1-3-13-6-5-7-15(10-13)19-16-8-9-18-12-14(16)11-17-4-2/h8-9,12-13,15,17H,3-7,10-11H2,1-2H3. The van der Waals surface area contributed by atoms with E-state index in [2.05, 4.69) is 24.1 Å². The van der Waals surface area contributed by atoms with E-state index in [1.807, 2.05) is 18.5 Å². The van der Waals surface area contributed by atoms with E-state index in [1.165, 1.54) is 37.7 Å². The molecule has 0 saturated heterocycles. The Morgan fingerprint density at radius 3 is 3.05 bits per heavy atom. The van der Waals surface area contributed by atoms with Gasteiger partial charge in [-0.15, -0.1) is 0 Å². The number of nitrogens with one attached hydrogen (secondary N) is 1. The Labute approximate surface area is 116 Å². The maximum Gasteiger partial charge on any atom is 0.127 e. The molecule has 1 heterocycles. The number of aromatic nitrogens is 1. The summed E-state index contributed by atoms with van der Waals surface area (Å²) in [5.74, 6) is 1.86. The highest BCUT2D eigenvalue weighted by atomic mass is 16.5. The molecular weight excluding hydrogens is 236 g/mol. The third-order valence-corrected chi connectivity index (χ3v) is 4.03. The van der Waals surface area contributed by atoms with Crippen LogP contribution in [0.3, 0.4) is 0 Å². The largest absolute Gasteiger partial charge is 0.490 e. The lowest BCUT2D eigenvalue weighted by molar-refractivity contribution is 0.120. The summed E-state index contributed by atoms with van der Waals surface area (Å²) in [6, 6.07) is 2.00. The molecule has 1 saturated carbocycles. The van der Waals surface area contributed by atoms with Gasteiger partial charge in [0.05, 0.1) is 6.10 Å². The highest BCUT2D eigenvalue weighted by Crippen LogP contribution is 2.30. The molecule has 0 radical (unpaired) electrons. The van der Waals surface area contributed by atoms with Gasteiger partial charge < -0.3 is 10.1 Å². The zero-order valence-corrected chi connectivity index (χ0v) is 12.2. The molecule has 1 aliphatic carbocycles. The fourth-order valence-electron chi connectivity index (χ4n) is 2.82. The summed E-state index contributed by atoms with van der Waals surface area (Å²) in [5, 5.41) is 3.34. The van der Waals surface area contributed by atoms with Gasteiger partial charge in [0.25, 0.3) is 0 Å². The van der Waals surface area contributed by atoms with Crippen LogP contribution in [0.15, 0.2) is 18.5 Å². The van der Waals surface area contributed by atoms with Crippen LogP contribution in [0.1, 0.15) is 51.5 Å². The third kappa shape index (κ3) is 4.20. The van der Waals surface area contributed by atoms with Gasteiger partial charge >= 0.3 is 0 Å². The zero-order valence-electron chi connectivity index (χ0n) is 12.2. The predicted molar refractivity (Wildman–Crippen MR) is 78.3 cm³/mol. The second-order valence-electron chi connectivity index (χ2n) is 5.44. The average Bonchev–Trinajstić information content (AvgIpc) is 2.46. The number of rotatable bonds is 6. The average molecular weight is 262 g/mol. The molecule has 2 atom stereocenters. The first kappa shape index (κ1) is 14.3. The van der Waals surface area contributed by atoms with E-state index in [-0.39, 0.29) is 0 Å². The van der Waals surface area contributed by atoms with Crippen molar-refractivity contribution >= 4 is 0 Å².